The Kier molecular flexibility index (Phi) is 6.00. The number of nitrogens with one attached hydrogen (secondary N) is 1. The Bertz CT molecular complexity index is 695. The largest absolute Gasteiger partial charge is 0.459 e. The van der Waals surface area contributed by atoms with E-state index in [0.717, 1.165) is 12.8 Å². The van der Waals surface area contributed by atoms with Gasteiger partial charge in [0.15, 0.2) is 5.76 Å². The lowest BCUT2D eigenvalue weighted by atomic mass is 10.0. The molecule has 1 aliphatic rings. The number of carbonyl (C=O) groups is 2. The predicted octanol–water partition coefficient (Wildman–Crippen LogP) is 2.52. The van der Waals surface area contributed by atoms with Gasteiger partial charge in [-0.2, -0.15) is 0 Å². The first kappa shape index (κ1) is 18.0. The van der Waals surface area contributed by atoms with Gasteiger partial charge in [-0.1, -0.05) is 6.07 Å². The highest BCUT2D eigenvalue weighted by molar-refractivity contribution is 6.03. The molecule has 6 nitrogen and oxygen atoms in total. The summed E-state index contributed by atoms with van der Waals surface area (Å²) >= 11 is 0. The summed E-state index contributed by atoms with van der Waals surface area (Å²) in [5.74, 6) is -0.152. The summed E-state index contributed by atoms with van der Waals surface area (Å²) in [6.07, 6.45) is 3.08. The van der Waals surface area contributed by atoms with E-state index in [1.165, 1.54) is 6.26 Å². The smallest absolute Gasteiger partial charge is 0.291 e. The monoisotopic (exact) mass is 349 g/mol. The number of rotatable bonds is 3. The molecule has 2 amide bonds. The van der Waals surface area contributed by atoms with Crippen molar-refractivity contribution in [3.05, 3.63) is 54.0 Å². The Labute approximate surface area is 146 Å². The van der Waals surface area contributed by atoms with Crippen molar-refractivity contribution in [3.8, 4) is 0 Å². The van der Waals surface area contributed by atoms with Crippen molar-refractivity contribution in [3.63, 3.8) is 0 Å². The Balaban J connectivity index is 0.00000208. The highest BCUT2D eigenvalue weighted by Crippen LogP contribution is 2.17. The zero-order valence-electron chi connectivity index (χ0n) is 13.1. The fraction of sp³-hybridized carbons (Fsp3) is 0.294. The summed E-state index contributed by atoms with van der Waals surface area (Å²) in [7, 11) is 0. The lowest BCUT2D eigenvalue weighted by Crippen LogP contribution is -2.42. The molecule has 7 heteroatoms. The van der Waals surface area contributed by atoms with Crippen LogP contribution in [0.5, 0.6) is 0 Å². The number of carbonyl (C=O) groups excluding carboxylic acids is 2. The standard InChI is InChI=1S/C17H19N3O3.ClH/c18-13-6-8-20(9-7-13)17(22)12-3-1-4-14(11-12)19-16(21)15-5-2-10-23-15;/h1-5,10-11,13H,6-9,18H2,(H,19,21);1H. The summed E-state index contributed by atoms with van der Waals surface area (Å²) in [6.45, 7) is 1.34. The molecule has 0 spiro atoms. The van der Waals surface area contributed by atoms with Gasteiger partial charge in [-0.3, -0.25) is 9.59 Å². The lowest BCUT2D eigenvalue weighted by molar-refractivity contribution is 0.0714. The summed E-state index contributed by atoms with van der Waals surface area (Å²) in [4.78, 5) is 26.3. The number of halogens is 1. The molecule has 0 atom stereocenters. The molecule has 0 saturated carbocycles. The number of anilines is 1. The molecule has 3 rings (SSSR count). The van der Waals surface area contributed by atoms with Gasteiger partial charge in [0.05, 0.1) is 6.26 Å². The highest BCUT2D eigenvalue weighted by Gasteiger charge is 2.22. The number of nitrogens with two attached hydrogens (primary N) is 1. The first-order valence-corrected chi connectivity index (χ1v) is 7.63. The Morgan fingerprint density at radius 3 is 2.58 bits per heavy atom. The van der Waals surface area contributed by atoms with Crippen molar-refractivity contribution >= 4 is 29.9 Å². The van der Waals surface area contributed by atoms with E-state index in [1.54, 1.807) is 41.3 Å². The van der Waals surface area contributed by atoms with Crippen LogP contribution >= 0.6 is 12.4 Å². The topological polar surface area (TPSA) is 88.6 Å². The summed E-state index contributed by atoms with van der Waals surface area (Å²) in [6, 6.07) is 10.3. The predicted molar refractivity (Wildman–Crippen MR) is 93.5 cm³/mol. The highest BCUT2D eigenvalue weighted by atomic mass is 35.5. The molecule has 2 aromatic rings. The number of piperidine rings is 1. The maximum Gasteiger partial charge on any atom is 0.291 e. The third-order valence-corrected chi connectivity index (χ3v) is 3.94. The van der Waals surface area contributed by atoms with Gasteiger partial charge in [-0.05, 0) is 43.2 Å². The minimum atomic E-state index is -0.344. The molecular formula is C17H20ClN3O3. The van der Waals surface area contributed by atoms with Crippen LogP contribution in [0.3, 0.4) is 0 Å². The van der Waals surface area contributed by atoms with E-state index in [1.807, 2.05) is 0 Å². The third kappa shape index (κ3) is 4.15. The van der Waals surface area contributed by atoms with Gasteiger partial charge in [0, 0.05) is 30.4 Å². The molecule has 128 valence electrons. The van der Waals surface area contributed by atoms with Gasteiger partial charge < -0.3 is 20.4 Å². The molecular weight excluding hydrogens is 330 g/mol. The van der Waals surface area contributed by atoms with Crippen LogP contribution in [0.2, 0.25) is 0 Å². The van der Waals surface area contributed by atoms with Gasteiger partial charge in [-0.15, -0.1) is 12.4 Å². The molecule has 1 saturated heterocycles. The first-order valence-electron chi connectivity index (χ1n) is 7.63. The maximum absolute atomic E-state index is 12.5. The number of amides is 2. The fourth-order valence-corrected chi connectivity index (χ4v) is 2.62. The van der Waals surface area contributed by atoms with Crippen LogP contribution in [0.15, 0.2) is 47.1 Å². The zero-order valence-corrected chi connectivity index (χ0v) is 13.9. The normalized spacial score (nSPS) is 14.8. The quantitative estimate of drug-likeness (QED) is 0.891. The Morgan fingerprint density at radius 2 is 1.92 bits per heavy atom. The zero-order chi connectivity index (χ0) is 16.2. The number of nitrogens with zero attached hydrogens (tertiary/aromatic N) is 1. The van der Waals surface area contributed by atoms with E-state index < -0.39 is 0 Å². The van der Waals surface area contributed by atoms with E-state index in [2.05, 4.69) is 5.32 Å². The van der Waals surface area contributed by atoms with Crippen molar-refractivity contribution < 1.29 is 14.0 Å². The number of likely N-dealkylation sites (tertiary alicyclic amines) is 1. The number of furan rings is 1. The van der Waals surface area contributed by atoms with Crippen LogP contribution in [0.25, 0.3) is 0 Å². The van der Waals surface area contributed by atoms with Gasteiger partial charge in [-0.25, -0.2) is 0 Å². The Hall–Kier alpha value is -2.31. The molecule has 0 unspecified atom stereocenters. The van der Waals surface area contributed by atoms with Crippen molar-refractivity contribution in [1.82, 2.24) is 4.90 Å². The maximum atomic E-state index is 12.5. The second kappa shape index (κ2) is 7.99. The van der Waals surface area contributed by atoms with Crippen molar-refractivity contribution in [2.75, 3.05) is 18.4 Å². The van der Waals surface area contributed by atoms with E-state index >= 15 is 0 Å². The van der Waals surface area contributed by atoms with Crippen LogP contribution in [-0.4, -0.2) is 35.8 Å². The minimum absolute atomic E-state index is 0. The number of hydrogen-bond donors (Lipinski definition) is 2. The van der Waals surface area contributed by atoms with Gasteiger partial charge in [0.2, 0.25) is 0 Å². The summed E-state index contributed by atoms with van der Waals surface area (Å²) in [5, 5.41) is 2.73. The lowest BCUT2D eigenvalue weighted by Gasteiger charge is -2.30. The van der Waals surface area contributed by atoms with E-state index in [0.29, 0.717) is 24.3 Å². The van der Waals surface area contributed by atoms with E-state index in [9.17, 15) is 9.59 Å². The Morgan fingerprint density at radius 1 is 1.17 bits per heavy atom. The van der Waals surface area contributed by atoms with Crippen LogP contribution in [-0.2, 0) is 0 Å². The summed E-state index contributed by atoms with van der Waals surface area (Å²) in [5.41, 5.74) is 6.98. The molecule has 24 heavy (non-hydrogen) atoms. The van der Waals surface area contributed by atoms with E-state index in [4.69, 9.17) is 10.2 Å². The molecule has 0 radical (unpaired) electrons. The average Bonchev–Trinajstić information content (AvgIpc) is 3.10. The molecule has 1 aromatic carbocycles. The van der Waals surface area contributed by atoms with Crippen molar-refractivity contribution in [2.45, 2.75) is 18.9 Å². The molecule has 1 aromatic heterocycles. The van der Waals surface area contributed by atoms with Gasteiger partial charge in [0.1, 0.15) is 0 Å². The van der Waals surface area contributed by atoms with Crippen LogP contribution < -0.4 is 11.1 Å². The first-order chi connectivity index (χ1) is 11.1. The molecule has 0 aliphatic carbocycles. The SMILES string of the molecule is Cl.NC1CCN(C(=O)c2cccc(NC(=O)c3ccco3)c2)CC1. The van der Waals surface area contributed by atoms with Crippen LogP contribution in [0, 0.1) is 0 Å². The molecule has 3 N–H and O–H groups in total. The van der Waals surface area contributed by atoms with Gasteiger partial charge in [0.25, 0.3) is 11.8 Å². The molecule has 2 heterocycles. The van der Waals surface area contributed by atoms with E-state index in [-0.39, 0.29) is 36.0 Å². The molecule has 1 fully saturated rings. The average molecular weight is 350 g/mol. The minimum Gasteiger partial charge on any atom is -0.459 e. The fourth-order valence-electron chi connectivity index (χ4n) is 2.62. The van der Waals surface area contributed by atoms with Crippen LogP contribution in [0.4, 0.5) is 5.69 Å². The molecule has 1 aliphatic heterocycles. The number of benzene rings is 1. The second-order valence-electron chi connectivity index (χ2n) is 5.64. The van der Waals surface area contributed by atoms with Crippen molar-refractivity contribution in [1.29, 1.82) is 0 Å². The third-order valence-electron chi connectivity index (χ3n) is 3.94. The van der Waals surface area contributed by atoms with Gasteiger partial charge >= 0.3 is 0 Å². The summed E-state index contributed by atoms with van der Waals surface area (Å²) < 4.78 is 5.05. The van der Waals surface area contributed by atoms with Crippen molar-refractivity contribution in [2.24, 2.45) is 5.73 Å². The number of hydrogen-bond acceptors (Lipinski definition) is 4. The second-order valence-corrected chi connectivity index (χ2v) is 5.64. The van der Waals surface area contributed by atoms with Crippen LogP contribution in [0.1, 0.15) is 33.8 Å². The molecule has 0 bridgehead atoms.